The van der Waals surface area contributed by atoms with Crippen LogP contribution in [0, 0.1) is 6.92 Å². The molecule has 24 heavy (non-hydrogen) atoms. The fourth-order valence-corrected chi connectivity index (χ4v) is 4.14. The highest BCUT2D eigenvalue weighted by molar-refractivity contribution is 7.89. The summed E-state index contributed by atoms with van der Waals surface area (Å²) in [4.78, 5) is 14.5. The molecule has 1 aliphatic rings. The molecule has 0 aromatic heterocycles. The Balaban J connectivity index is 2.30. The number of nitrogens with one attached hydrogen (secondary N) is 1. The third-order valence-electron chi connectivity index (χ3n) is 3.94. The second-order valence-electron chi connectivity index (χ2n) is 7.36. The third-order valence-corrected chi connectivity index (χ3v) is 5.70. The summed E-state index contributed by atoms with van der Waals surface area (Å²) in [5, 5.41) is 9.57. The van der Waals surface area contributed by atoms with Crippen LogP contribution in [0.5, 0.6) is 0 Å². The Kier molecular flexibility index (Phi) is 5.37. The maximum Gasteiger partial charge on any atom is 0.254 e. The van der Waals surface area contributed by atoms with Gasteiger partial charge >= 0.3 is 0 Å². The van der Waals surface area contributed by atoms with Crippen LogP contribution >= 0.6 is 0 Å². The van der Waals surface area contributed by atoms with Crippen molar-refractivity contribution in [3.63, 3.8) is 0 Å². The molecule has 0 saturated carbocycles. The summed E-state index contributed by atoms with van der Waals surface area (Å²) in [5.41, 5.74) is 0.528. The summed E-state index contributed by atoms with van der Waals surface area (Å²) in [6.07, 6.45) is 0.737. The molecule has 1 aromatic rings. The van der Waals surface area contributed by atoms with Crippen molar-refractivity contribution in [2.45, 2.75) is 57.1 Å². The number of hydrogen-bond acceptors (Lipinski definition) is 4. The van der Waals surface area contributed by atoms with Crippen molar-refractivity contribution in [3.8, 4) is 0 Å². The molecule has 7 heteroatoms. The van der Waals surface area contributed by atoms with Crippen molar-refractivity contribution >= 4 is 15.9 Å². The van der Waals surface area contributed by atoms with Crippen LogP contribution in [-0.2, 0) is 10.0 Å². The number of carbonyl (C=O) groups is 1. The van der Waals surface area contributed by atoms with Gasteiger partial charge in [0.1, 0.15) is 0 Å². The van der Waals surface area contributed by atoms with E-state index in [0.717, 1.165) is 5.56 Å². The molecule has 0 atom stereocenters. The summed E-state index contributed by atoms with van der Waals surface area (Å²) < 4.78 is 27.6. The summed E-state index contributed by atoms with van der Waals surface area (Å²) >= 11 is 0. The number of aryl methyl sites for hydroxylation is 1. The molecule has 2 rings (SSSR count). The number of sulfonamides is 1. The molecule has 0 aliphatic carbocycles. The lowest BCUT2D eigenvalue weighted by Crippen LogP contribution is -2.41. The van der Waals surface area contributed by atoms with E-state index in [1.54, 1.807) is 38.7 Å². The first-order valence-corrected chi connectivity index (χ1v) is 9.60. The average Bonchev–Trinajstić information content (AvgIpc) is 2.45. The van der Waals surface area contributed by atoms with Gasteiger partial charge in [-0.2, -0.15) is 0 Å². The molecule has 0 radical (unpaired) electrons. The van der Waals surface area contributed by atoms with Crippen molar-refractivity contribution in [1.82, 2.24) is 9.62 Å². The smallest absolute Gasteiger partial charge is 0.254 e. The number of piperidine rings is 1. The van der Waals surface area contributed by atoms with Crippen LogP contribution in [0.15, 0.2) is 23.1 Å². The number of amides is 1. The average molecular weight is 354 g/mol. The van der Waals surface area contributed by atoms with Gasteiger partial charge in [-0.3, -0.25) is 4.79 Å². The van der Waals surface area contributed by atoms with Crippen molar-refractivity contribution in [2.24, 2.45) is 0 Å². The van der Waals surface area contributed by atoms with Gasteiger partial charge in [-0.15, -0.1) is 0 Å². The van der Waals surface area contributed by atoms with Gasteiger partial charge in [0.15, 0.2) is 0 Å². The zero-order valence-electron chi connectivity index (χ0n) is 14.7. The summed E-state index contributed by atoms with van der Waals surface area (Å²) in [6.45, 7) is 8.06. The fourth-order valence-electron chi connectivity index (χ4n) is 2.70. The van der Waals surface area contributed by atoms with Gasteiger partial charge in [0, 0.05) is 24.2 Å². The molecule has 134 valence electrons. The SMILES string of the molecule is Cc1ccc(S(=O)(=O)NC(C)(C)C)cc1C(=O)N1CCC(O)CC1. The zero-order valence-corrected chi connectivity index (χ0v) is 15.5. The van der Waals surface area contributed by atoms with Crippen LogP contribution in [0.4, 0.5) is 0 Å². The van der Waals surface area contributed by atoms with Gasteiger partial charge in [0.25, 0.3) is 5.91 Å². The largest absolute Gasteiger partial charge is 0.393 e. The molecular weight excluding hydrogens is 328 g/mol. The number of likely N-dealkylation sites (tertiary alicyclic amines) is 1. The predicted molar refractivity (Wildman–Crippen MR) is 92.4 cm³/mol. The highest BCUT2D eigenvalue weighted by atomic mass is 32.2. The minimum Gasteiger partial charge on any atom is -0.393 e. The van der Waals surface area contributed by atoms with Gasteiger partial charge < -0.3 is 10.0 Å². The number of benzene rings is 1. The third kappa shape index (κ3) is 4.55. The van der Waals surface area contributed by atoms with Crippen LogP contribution in [-0.4, -0.2) is 49.1 Å². The molecule has 1 aromatic carbocycles. The minimum atomic E-state index is -3.69. The highest BCUT2D eigenvalue weighted by Gasteiger charge is 2.26. The van der Waals surface area contributed by atoms with Crippen molar-refractivity contribution in [1.29, 1.82) is 0 Å². The lowest BCUT2D eigenvalue weighted by Gasteiger charge is -2.30. The second-order valence-corrected chi connectivity index (χ2v) is 9.04. The topological polar surface area (TPSA) is 86.7 Å². The van der Waals surface area contributed by atoms with E-state index in [1.165, 1.54) is 12.1 Å². The molecule has 1 saturated heterocycles. The Hall–Kier alpha value is -1.44. The van der Waals surface area contributed by atoms with Gasteiger partial charge in [-0.05, 0) is 58.2 Å². The quantitative estimate of drug-likeness (QED) is 0.864. The first kappa shape index (κ1) is 18.9. The molecule has 0 bridgehead atoms. The lowest BCUT2D eigenvalue weighted by atomic mass is 10.0. The van der Waals surface area contributed by atoms with Crippen molar-refractivity contribution in [2.75, 3.05) is 13.1 Å². The van der Waals surface area contributed by atoms with Crippen LogP contribution in [0.1, 0.15) is 49.5 Å². The summed E-state index contributed by atoms with van der Waals surface area (Å²) in [5.74, 6) is -0.188. The van der Waals surface area contributed by atoms with E-state index in [9.17, 15) is 18.3 Å². The maximum absolute atomic E-state index is 12.7. The first-order chi connectivity index (χ1) is 11.0. The Morgan fingerprint density at radius 3 is 2.38 bits per heavy atom. The minimum absolute atomic E-state index is 0.0865. The van der Waals surface area contributed by atoms with Crippen molar-refractivity contribution in [3.05, 3.63) is 29.3 Å². The van der Waals surface area contributed by atoms with E-state index in [0.29, 0.717) is 31.5 Å². The van der Waals surface area contributed by atoms with Crippen LogP contribution < -0.4 is 4.72 Å². The molecule has 2 N–H and O–H groups in total. The van der Waals surface area contributed by atoms with Crippen LogP contribution in [0.2, 0.25) is 0 Å². The number of aliphatic hydroxyl groups is 1. The van der Waals surface area contributed by atoms with E-state index < -0.39 is 15.6 Å². The molecule has 1 amide bonds. The highest BCUT2D eigenvalue weighted by Crippen LogP contribution is 2.21. The van der Waals surface area contributed by atoms with Gasteiger partial charge in [-0.25, -0.2) is 13.1 Å². The Morgan fingerprint density at radius 2 is 1.83 bits per heavy atom. The normalized spacial score (nSPS) is 17.1. The number of hydrogen-bond donors (Lipinski definition) is 2. The standard InChI is InChI=1S/C17H26N2O4S/c1-12-5-6-14(24(22,23)18-17(2,3)4)11-15(12)16(21)19-9-7-13(20)8-10-19/h5-6,11,13,18,20H,7-10H2,1-4H3. The molecule has 1 fully saturated rings. The van der Waals surface area contributed by atoms with E-state index in [4.69, 9.17) is 0 Å². The van der Waals surface area contributed by atoms with E-state index in [1.807, 2.05) is 0 Å². The molecule has 0 unspecified atom stereocenters. The molecule has 0 spiro atoms. The van der Waals surface area contributed by atoms with Crippen LogP contribution in [0.25, 0.3) is 0 Å². The van der Waals surface area contributed by atoms with Crippen LogP contribution in [0.3, 0.4) is 0 Å². The second kappa shape index (κ2) is 6.82. The molecular formula is C17H26N2O4S. The zero-order chi connectivity index (χ0) is 18.1. The van der Waals surface area contributed by atoms with Gasteiger partial charge in [-0.1, -0.05) is 6.07 Å². The number of carbonyl (C=O) groups excluding carboxylic acids is 1. The molecule has 1 heterocycles. The van der Waals surface area contributed by atoms with Gasteiger partial charge in [0.05, 0.1) is 11.0 Å². The molecule has 6 nitrogen and oxygen atoms in total. The van der Waals surface area contributed by atoms with E-state index in [2.05, 4.69) is 4.72 Å². The predicted octanol–water partition coefficient (Wildman–Crippen LogP) is 1.67. The number of rotatable bonds is 3. The van der Waals surface area contributed by atoms with E-state index in [-0.39, 0.29) is 16.9 Å². The Labute approximate surface area is 143 Å². The number of nitrogens with zero attached hydrogens (tertiary/aromatic N) is 1. The summed E-state index contributed by atoms with van der Waals surface area (Å²) in [6, 6.07) is 4.61. The summed E-state index contributed by atoms with van der Waals surface area (Å²) in [7, 11) is -3.69. The first-order valence-electron chi connectivity index (χ1n) is 8.11. The van der Waals surface area contributed by atoms with Gasteiger partial charge in [0.2, 0.25) is 10.0 Å². The lowest BCUT2D eigenvalue weighted by molar-refractivity contribution is 0.0545. The fraction of sp³-hybridized carbons (Fsp3) is 0.588. The Bertz CT molecular complexity index is 715. The maximum atomic E-state index is 12.7. The monoisotopic (exact) mass is 354 g/mol. The number of aliphatic hydroxyl groups excluding tert-OH is 1. The Morgan fingerprint density at radius 1 is 1.25 bits per heavy atom. The molecule has 1 aliphatic heterocycles. The van der Waals surface area contributed by atoms with E-state index >= 15 is 0 Å². The van der Waals surface area contributed by atoms with Crippen molar-refractivity contribution < 1.29 is 18.3 Å².